The molecule has 2 atom stereocenters. The lowest BCUT2D eigenvalue weighted by molar-refractivity contribution is -0.190. The molecule has 4 amide bonds. The number of hydrogen-bond donors (Lipinski definition) is 2. The summed E-state index contributed by atoms with van der Waals surface area (Å²) in [4.78, 5) is 47.5. The van der Waals surface area contributed by atoms with E-state index in [1.165, 1.54) is 0 Å². The first kappa shape index (κ1) is 32.8. The van der Waals surface area contributed by atoms with E-state index in [0.29, 0.717) is 32.8 Å². The van der Waals surface area contributed by atoms with Crippen molar-refractivity contribution in [3.05, 3.63) is 95.6 Å². The van der Waals surface area contributed by atoms with Crippen LogP contribution in [0.15, 0.2) is 78.9 Å². The van der Waals surface area contributed by atoms with Gasteiger partial charge in [0.15, 0.2) is 0 Å². The quantitative estimate of drug-likeness (QED) is 0.394. The van der Waals surface area contributed by atoms with Crippen LogP contribution in [-0.2, 0) is 33.8 Å². The number of carbonyl (C=O) groups is 3. The fraction of sp³-hybridized carbons (Fsp3) is 0.400. The number of nitrogens with one attached hydrogen (secondary N) is 1. The molecular weight excluding hydrogens is 584 g/mol. The van der Waals surface area contributed by atoms with Crippen LogP contribution in [0.5, 0.6) is 5.75 Å². The van der Waals surface area contributed by atoms with Gasteiger partial charge in [-0.2, -0.15) is 0 Å². The SMILES string of the molecule is C.CCN1CC(=O)N2[C@@H](Cc3ccc(O)cc3)C(=O)N(Cc3cccc(N4CCOCC4)c3)C[C@@H]2N1C(=O)NCc1ccccc1. The minimum Gasteiger partial charge on any atom is -0.508 e. The number of phenols is 1. The molecule has 0 saturated carbocycles. The number of rotatable bonds is 8. The Hall–Kier alpha value is -4.61. The highest BCUT2D eigenvalue weighted by atomic mass is 16.5. The molecule has 0 spiro atoms. The second-order valence-corrected chi connectivity index (χ2v) is 11.6. The van der Waals surface area contributed by atoms with Crippen LogP contribution in [-0.4, -0.2) is 101 Å². The highest BCUT2D eigenvalue weighted by molar-refractivity contribution is 5.91. The normalized spacial score (nSPS) is 20.3. The van der Waals surface area contributed by atoms with E-state index >= 15 is 0 Å². The van der Waals surface area contributed by atoms with Gasteiger partial charge in [-0.3, -0.25) is 9.59 Å². The number of benzene rings is 3. The zero-order valence-electron chi connectivity index (χ0n) is 25.5. The van der Waals surface area contributed by atoms with Gasteiger partial charge in [-0.25, -0.2) is 14.8 Å². The molecule has 0 aliphatic carbocycles. The third-order valence-electron chi connectivity index (χ3n) is 8.72. The van der Waals surface area contributed by atoms with Gasteiger partial charge >= 0.3 is 6.03 Å². The fourth-order valence-electron chi connectivity index (χ4n) is 6.41. The lowest BCUT2D eigenvalue weighted by atomic mass is 9.98. The maximum absolute atomic E-state index is 14.2. The number of aromatic hydroxyl groups is 1. The van der Waals surface area contributed by atoms with E-state index in [-0.39, 0.29) is 50.5 Å². The molecule has 0 radical (unpaired) electrons. The van der Waals surface area contributed by atoms with Gasteiger partial charge in [0, 0.05) is 44.8 Å². The molecule has 244 valence electrons. The van der Waals surface area contributed by atoms with Gasteiger partial charge in [0.05, 0.1) is 26.3 Å². The maximum atomic E-state index is 14.2. The maximum Gasteiger partial charge on any atom is 0.334 e. The summed E-state index contributed by atoms with van der Waals surface area (Å²) >= 11 is 0. The summed E-state index contributed by atoms with van der Waals surface area (Å²) < 4.78 is 5.52. The first-order valence-corrected chi connectivity index (χ1v) is 15.6. The number of phenolic OH excluding ortho intramolecular Hbond substituents is 1. The number of carbonyl (C=O) groups excluding carboxylic acids is 3. The smallest absolute Gasteiger partial charge is 0.334 e. The van der Waals surface area contributed by atoms with E-state index in [0.717, 1.165) is 35.5 Å². The Balaban J connectivity index is 0.00000417. The number of morpholine rings is 1. The summed E-state index contributed by atoms with van der Waals surface area (Å²) in [6.45, 7) is 6.17. The minimum absolute atomic E-state index is 0. The number of fused-ring (bicyclic) bond motifs is 1. The summed E-state index contributed by atoms with van der Waals surface area (Å²) in [7, 11) is 0. The molecular formula is C35H44N6O5. The summed E-state index contributed by atoms with van der Waals surface area (Å²) in [6, 6.07) is 23.4. The average molecular weight is 629 g/mol. The second kappa shape index (κ2) is 14.7. The van der Waals surface area contributed by atoms with E-state index in [2.05, 4.69) is 22.3 Å². The van der Waals surface area contributed by atoms with E-state index in [1.54, 1.807) is 44.1 Å². The third-order valence-corrected chi connectivity index (χ3v) is 8.72. The summed E-state index contributed by atoms with van der Waals surface area (Å²) in [5, 5.41) is 16.3. The number of ether oxygens (including phenoxy) is 1. The molecule has 6 rings (SSSR count). The van der Waals surface area contributed by atoms with Crippen LogP contribution in [0.2, 0.25) is 0 Å². The molecule has 2 N–H and O–H groups in total. The molecule has 0 bridgehead atoms. The number of nitrogens with zero attached hydrogens (tertiary/aromatic N) is 5. The van der Waals surface area contributed by atoms with Gasteiger partial charge in [0.1, 0.15) is 18.0 Å². The molecule has 0 unspecified atom stereocenters. The Morgan fingerprint density at radius 1 is 0.935 bits per heavy atom. The van der Waals surface area contributed by atoms with Crippen LogP contribution in [0.1, 0.15) is 31.0 Å². The van der Waals surface area contributed by atoms with E-state index in [4.69, 9.17) is 4.74 Å². The fourth-order valence-corrected chi connectivity index (χ4v) is 6.41. The third kappa shape index (κ3) is 7.11. The van der Waals surface area contributed by atoms with Crippen LogP contribution >= 0.6 is 0 Å². The molecule has 3 aromatic rings. The first-order valence-electron chi connectivity index (χ1n) is 15.6. The topological polar surface area (TPSA) is 109 Å². The molecule has 3 aliphatic heterocycles. The van der Waals surface area contributed by atoms with Crippen LogP contribution in [0, 0.1) is 0 Å². The highest BCUT2D eigenvalue weighted by Gasteiger charge is 2.51. The van der Waals surface area contributed by atoms with Gasteiger partial charge in [-0.1, -0.05) is 68.9 Å². The van der Waals surface area contributed by atoms with Crippen molar-refractivity contribution in [1.82, 2.24) is 25.1 Å². The lowest BCUT2D eigenvalue weighted by Crippen LogP contribution is -2.76. The number of piperazine rings is 1. The van der Waals surface area contributed by atoms with Crippen molar-refractivity contribution in [2.24, 2.45) is 0 Å². The lowest BCUT2D eigenvalue weighted by Gasteiger charge is -2.55. The Kier molecular flexibility index (Phi) is 10.4. The zero-order valence-corrected chi connectivity index (χ0v) is 25.5. The number of urea groups is 1. The van der Waals surface area contributed by atoms with Crippen molar-refractivity contribution >= 4 is 23.5 Å². The summed E-state index contributed by atoms with van der Waals surface area (Å²) in [5.74, 6) is -0.235. The van der Waals surface area contributed by atoms with Crippen molar-refractivity contribution in [2.75, 3.05) is 50.8 Å². The van der Waals surface area contributed by atoms with E-state index in [9.17, 15) is 19.5 Å². The van der Waals surface area contributed by atoms with Crippen LogP contribution in [0.25, 0.3) is 0 Å². The van der Waals surface area contributed by atoms with Gasteiger partial charge in [-0.05, 0) is 41.0 Å². The monoisotopic (exact) mass is 628 g/mol. The van der Waals surface area contributed by atoms with Crippen molar-refractivity contribution in [3.63, 3.8) is 0 Å². The molecule has 3 saturated heterocycles. The zero-order chi connectivity index (χ0) is 31.3. The van der Waals surface area contributed by atoms with Crippen molar-refractivity contribution < 1.29 is 24.2 Å². The Morgan fingerprint density at radius 2 is 1.65 bits per heavy atom. The van der Waals surface area contributed by atoms with Crippen LogP contribution in [0.3, 0.4) is 0 Å². The molecule has 11 heteroatoms. The first-order chi connectivity index (χ1) is 21.9. The molecule has 46 heavy (non-hydrogen) atoms. The molecule has 3 aromatic carbocycles. The molecule has 0 aromatic heterocycles. The van der Waals surface area contributed by atoms with E-state index in [1.807, 2.05) is 49.4 Å². The molecule has 3 fully saturated rings. The summed E-state index contributed by atoms with van der Waals surface area (Å²) in [6.07, 6.45) is -0.429. The predicted octanol–water partition coefficient (Wildman–Crippen LogP) is 3.44. The van der Waals surface area contributed by atoms with Gasteiger partial charge in [0.25, 0.3) is 0 Å². The number of anilines is 1. The minimum atomic E-state index is -0.813. The van der Waals surface area contributed by atoms with Gasteiger partial charge < -0.3 is 29.9 Å². The number of hydrogen-bond acceptors (Lipinski definition) is 7. The largest absolute Gasteiger partial charge is 0.508 e. The summed E-state index contributed by atoms with van der Waals surface area (Å²) in [5.41, 5.74) is 3.82. The van der Waals surface area contributed by atoms with Crippen molar-refractivity contribution in [2.45, 2.75) is 46.1 Å². The molecule has 3 aliphatic rings. The van der Waals surface area contributed by atoms with Crippen LogP contribution < -0.4 is 10.2 Å². The molecule has 3 heterocycles. The van der Waals surface area contributed by atoms with Gasteiger partial charge in [0.2, 0.25) is 11.8 Å². The second-order valence-electron chi connectivity index (χ2n) is 11.6. The number of amides is 4. The van der Waals surface area contributed by atoms with Crippen LogP contribution in [0.4, 0.5) is 10.5 Å². The Bertz CT molecular complexity index is 1500. The standard InChI is InChI=1S/C34H40N6O5.CH4/c1-2-38-24-32(42)39-30(20-25-11-13-29(41)14-12-25)33(43)37(22-27-9-6-10-28(19-27)36-15-17-45-18-16-36)23-31(39)40(38)34(44)35-21-26-7-4-3-5-8-26;/h3-14,19,30-31,41H,2,15-18,20-24H2,1H3,(H,35,44);1H4/t30-,31-;/m0./s1. The number of hydrazine groups is 1. The van der Waals surface area contributed by atoms with Crippen molar-refractivity contribution in [3.8, 4) is 5.75 Å². The molecule has 11 nitrogen and oxygen atoms in total. The highest BCUT2D eigenvalue weighted by Crippen LogP contribution is 2.30. The Morgan fingerprint density at radius 3 is 2.37 bits per heavy atom. The van der Waals surface area contributed by atoms with E-state index < -0.39 is 12.2 Å². The van der Waals surface area contributed by atoms with Gasteiger partial charge in [-0.15, -0.1) is 0 Å². The van der Waals surface area contributed by atoms with Crippen molar-refractivity contribution in [1.29, 1.82) is 0 Å². The Labute approximate surface area is 270 Å². The number of likely N-dealkylation sites (N-methyl/N-ethyl adjacent to an activating group) is 1. The average Bonchev–Trinajstić information content (AvgIpc) is 3.07. The predicted molar refractivity (Wildman–Crippen MR) is 176 cm³/mol.